The van der Waals surface area contributed by atoms with Gasteiger partial charge in [-0.25, -0.2) is 13.2 Å². The molecule has 2 unspecified atom stereocenters. The van der Waals surface area contributed by atoms with E-state index in [4.69, 9.17) is 10.5 Å². The summed E-state index contributed by atoms with van der Waals surface area (Å²) in [7, 11) is -4.05. The molecular formula is C26H37N3O6S. The van der Waals surface area contributed by atoms with Crippen LogP contribution in [-0.2, 0) is 21.2 Å². The van der Waals surface area contributed by atoms with Gasteiger partial charge in [0.25, 0.3) is 0 Å². The first-order valence-electron chi connectivity index (χ1n) is 12.3. The highest BCUT2D eigenvalue weighted by Crippen LogP contribution is 2.29. The normalized spacial score (nSPS) is 18.8. The van der Waals surface area contributed by atoms with Crippen molar-refractivity contribution in [1.82, 2.24) is 9.62 Å². The fourth-order valence-electron chi connectivity index (χ4n) is 4.63. The van der Waals surface area contributed by atoms with E-state index in [0.29, 0.717) is 12.3 Å². The number of ether oxygens (including phenoxy) is 1. The van der Waals surface area contributed by atoms with Gasteiger partial charge in [0.15, 0.2) is 0 Å². The molecule has 1 aliphatic rings. The van der Waals surface area contributed by atoms with Crippen LogP contribution < -0.4 is 11.1 Å². The molecule has 1 saturated heterocycles. The molecule has 1 heterocycles. The van der Waals surface area contributed by atoms with Crippen LogP contribution in [0.2, 0.25) is 0 Å². The Balaban J connectivity index is 2.03. The fourth-order valence-corrected chi connectivity index (χ4v) is 6.44. The number of nitrogen functional groups attached to an aromatic ring is 1. The van der Waals surface area contributed by atoms with Crippen molar-refractivity contribution in [1.29, 1.82) is 0 Å². The number of aliphatic hydroxyl groups is 1. The van der Waals surface area contributed by atoms with Crippen molar-refractivity contribution >= 4 is 21.8 Å². The Morgan fingerprint density at radius 3 is 2.39 bits per heavy atom. The van der Waals surface area contributed by atoms with Gasteiger partial charge in [0.1, 0.15) is 0 Å². The number of nitrogens with zero attached hydrogens (tertiary/aromatic N) is 1. The summed E-state index contributed by atoms with van der Waals surface area (Å²) in [4.78, 5) is 11.7. The summed E-state index contributed by atoms with van der Waals surface area (Å²) in [6, 6.07) is 13.3. The zero-order valence-electron chi connectivity index (χ0n) is 20.8. The molecule has 9 nitrogen and oxygen atoms in total. The molecule has 5 N–H and O–H groups in total. The highest BCUT2D eigenvalue weighted by Gasteiger charge is 2.41. The number of nitrogens with one attached hydrogen (secondary N) is 1. The number of amides is 1. The van der Waals surface area contributed by atoms with Crippen LogP contribution in [0.25, 0.3) is 0 Å². The average molecular weight is 520 g/mol. The quantitative estimate of drug-likeness (QED) is 0.316. The van der Waals surface area contributed by atoms with Crippen molar-refractivity contribution in [3.8, 4) is 0 Å². The van der Waals surface area contributed by atoms with E-state index in [1.165, 1.54) is 28.6 Å². The summed E-state index contributed by atoms with van der Waals surface area (Å²) in [5.41, 5.74) is 7.04. The maximum atomic E-state index is 13.9. The van der Waals surface area contributed by atoms with Gasteiger partial charge in [-0.15, -0.1) is 0 Å². The van der Waals surface area contributed by atoms with E-state index in [0.717, 1.165) is 18.4 Å². The van der Waals surface area contributed by atoms with Gasteiger partial charge < -0.3 is 26.0 Å². The first-order chi connectivity index (χ1) is 17.1. The Morgan fingerprint density at radius 1 is 1.17 bits per heavy atom. The molecule has 0 aliphatic carbocycles. The molecule has 36 heavy (non-hydrogen) atoms. The molecule has 1 fully saturated rings. The number of sulfonamides is 1. The minimum atomic E-state index is -4.05. The number of carbonyl (C=O) groups is 1. The van der Waals surface area contributed by atoms with Gasteiger partial charge in [0.2, 0.25) is 10.0 Å². The summed E-state index contributed by atoms with van der Waals surface area (Å²) in [5.74, 6) is -0.0484. The first kappa shape index (κ1) is 27.9. The van der Waals surface area contributed by atoms with Crippen LogP contribution in [-0.4, -0.2) is 66.5 Å². The van der Waals surface area contributed by atoms with Gasteiger partial charge >= 0.3 is 6.09 Å². The van der Waals surface area contributed by atoms with E-state index in [1.807, 2.05) is 44.2 Å². The Kier molecular flexibility index (Phi) is 9.72. The second-order valence-electron chi connectivity index (χ2n) is 9.71. The largest absolute Gasteiger partial charge is 0.465 e. The highest BCUT2D eigenvalue weighted by molar-refractivity contribution is 7.89. The van der Waals surface area contributed by atoms with Gasteiger partial charge in [0, 0.05) is 18.8 Å². The van der Waals surface area contributed by atoms with Crippen molar-refractivity contribution < 1.29 is 28.2 Å². The second-order valence-corrected chi connectivity index (χ2v) is 11.6. The minimum absolute atomic E-state index is 0.0484. The number of hydrogen-bond acceptors (Lipinski definition) is 6. The molecule has 0 spiro atoms. The SMILES string of the molecule is CC(C)CN(C(CC1CCCO1)[C@H](O)[C@H](Cc1ccccc1)NC(=O)O)S(=O)(=O)c1ccc(N)cc1. The summed E-state index contributed by atoms with van der Waals surface area (Å²) >= 11 is 0. The van der Waals surface area contributed by atoms with Crippen LogP contribution in [0.4, 0.5) is 10.5 Å². The predicted molar refractivity (Wildman–Crippen MR) is 138 cm³/mol. The van der Waals surface area contributed by atoms with Crippen LogP contribution in [0.15, 0.2) is 59.5 Å². The van der Waals surface area contributed by atoms with Gasteiger partial charge in [-0.1, -0.05) is 44.2 Å². The Hall–Kier alpha value is -2.66. The summed E-state index contributed by atoms with van der Waals surface area (Å²) in [6.07, 6.45) is -0.805. The van der Waals surface area contributed by atoms with Crippen molar-refractivity contribution in [2.75, 3.05) is 18.9 Å². The molecule has 0 radical (unpaired) electrons. The topological polar surface area (TPSA) is 142 Å². The number of aliphatic hydroxyl groups excluding tert-OH is 1. The Morgan fingerprint density at radius 2 is 1.83 bits per heavy atom. The molecule has 0 bridgehead atoms. The standard InChI is InChI=1S/C26H37N3O6S/c1-18(2)17-29(36(33,34)22-12-10-20(27)11-13-22)24(16-21-9-6-14-35-21)25(30)23(28-26(31)32)15-19-7-4-3-5-8-19/h3-5,7-8,10-13,18,21,23-25,28,30H,6,9,14-17,27H2,1-2H3,(H,31,32)/t21?,23-,24?,25+/m0/s1. The minimum Gasteiger partial charge on any atom is -0.465 e. The average Bonchev–Trinajstić information content (AvgIpc) is 3.34. The van der Waals surface area contributed by atoms with Crippen molar-refractivity contribution in [3.63, 3.8) is 0 Å². The summed E-state index contributed by atoms with van der Waals surface area (Å²) in [5, 5.41) is 23.6. The molecular weight excluding hydrogens is 482 g/mol. The summed E-state index contributed by atoms with van der Waals surface area (Å²) < 4.78 is 34.9. The van der Waals surface area contributed by atoms with E-state index in [-0.39, 0.29) is 36.3 Å². The van der Waals surface area contributed by atoms with Crippen LogP contribution in [0.1, 0.15) is 38.7 Å². The van der Waals surface area contributed by atoms with Crippen LogP contribution in [0.3, 0.4) is 0 Å². The van der Waals surface area contributed by atoms with E-state index >= 15 is 0 Å². The van der Waals surface area contributed by atoms with Crippen LogP contribution in [0, 0.1) is 5.92 Å². The highest BCUT2D eigenvalue weighted by atomic mass is 32.2. The first-order valence-corrected chi connectivity index (χ1v) is 13.7. The van der Waals surface area contributed by atoms with E-state index < -0.39 is 34.3 Å². The molecule has 10 heteroatoms. The molecule has 1 amide bonds. The lowest BCUT2D eigenvalue weighted by Gasteiger charge is -2.39. The number of benzene rings is 2. The van der Waals surface area contributed by atoms with Crippen molar-refractivity contribution in [3.05, 3.63) is 60.2 Å². The van der Waals surface area contributed by atoms with Crippen molar-refractivity contribution in [2.24, 2.45) is 5.92 Å². The van der Waals surface area contributed by atoms with Crippen LogP contribution >= 0.6 is 0 Å². The third-order valence-corrected chi connectivity index (χ3v) is 8.25. The smallest absolute Gasteiger partial charge is 0.404 e. The van der Waals surface area contributed by atoms with Crippen molar-refractivity contribution in [2.45, 2.75) is 68.7 Å². The fraction of sp³-hybridized carbons (Fsp3) is 0.500. The summed E-state index contributed by atoms with van der Waals surface area (Å²) in [6.45, 7) is 4.52. The maximum absolute atomic E-state index is 13.9. The second kappa shape index (κ2) is 12.5. The molecule has 2 aromatic rings. The number of hydrogen-bond donors (Lipinski definition) is 4. The molecule has 3 rings (SSSR count). The lowest BCUT2D eigenvalue weighted by molar-refractivity contribution is 0.0155. The van der Waals surface area contributed by atoms with Gasteiger partial charge in [-0.05, 0) is 61.4 Å². The Labute approximate surface area is 213 Å². The molecule has 0 aromatic heterocycles. The van der Waals surface area contributed by atoms with Gasteiger partial charge in [-0.2, -0.15) is 4.31 Å². The monoisotopic (exact) mass is 519 g/mol. The zero-order valence-corrected chi connectivity index (χ0v) is 21.6. The predicted octanol–water partition coefficient (Wildman–Crippen LogP) is 3.09. The Bertz CT molecular complexity index is 1070. The molecule has 0 saturated carbocycles. The number of rotatable bonds is 12. The zero-order chi connectivity index (χ0) is 26.3. The number of carboxylic acid groups (broad SMARTS) is 1. The molecule has 4 atom stereocenters. The third-order valence-electron chi connectivity index (χ3n) is 6.34. The van der Waals surface area contributed by atoms with Gasteiger partial charge in [0.05, 0.1) is 29.2 Å². The van der Waals surface area contributed by atoms with Crippen LogP contribution in [0.5, 0.6) is 0 Å². The lowest BCUT2D eigenvalue weighted by atomic mass is 9.92. The molecule has 198 valence electrons. The number of nitrogens with two attached hydrogens (primary N) is 1. The van der Waals surface area contributed by atoms with E-state index in [2.05, 4.69) is 5.32 Å². The van der Waals surface area contributed by atoms with E-state index in [9.17, 15) is 23.4 Å². The lowest BCUT2D eigenvalue weighted by Crippen LogP contribution is -2.57. The molecule has 1 aliphatic heterocycles. The van der Waals surface area contributed by atoms with E-state index in [1.54, 1.807) is 0 Å². The van der Waals surface area contributed by atoms with Gasteiger partial charge in [-0.3, -0.25) is 0 Å². The number of anilines is 1. The maximum Gasteiger partial charge on any atom is 0.404 e. The third kappa shape index (κ3) is 7.42. The molecule has 2 aromatic carbocycles.